The Bertz CT molecular complexity index is 2490. The number of benzene rings is 4. The molecule has 0 spiro atoms. The van der Waals surface area contributed by atoms with Crippen molar-refractivity contribution in [1.29, 1.82) is 0 Å². The summed E-state index contributed by atoms with van der Waals surface area (Å²) < 4.78 is 0. The molecular weight excluding hydrogens is 871 g/mol. The fourth-order valence-corrected chi connectivity index (χ4v) is 14.8. The van der Waals surface area contributed by atoms with E-state index >= 15 is 0 Å². The zero-order valence-corrected chi connectivity index (χ0v) is 42.6. The van der Waals surface area contributed by atoms with Crippen molar-refractivity contribution in [3.63, 3.8) is 0 Å². The third-order valence-corrected chi connectivity index (χ3v) is 27.3. The lowest BCUT2D eigenvalue weighted by molar-refractivity contribution is -0.385. The van der Waals surface area contributed by atoms with Gasteiger partial charge in [0.25, 0.3) is 17.1 Å². The molecule has 336 valence electrons. The number of hydrogen-bond donors (Lipinski definition) is 0. The molecule has 0 aliphatic heterocycles. The van der Waals surface area contributed by atoms with Gasteiger partial charge in [0.2, 0.25) is 0 Å². The van der Waals surface area contributed by atoms with E-state index in [1.165, 1.54) is 36.4 Å². The normalized spacial score (nSPS) is 10.7. The maximum Gasteiger partial charge on any atom is 0.269 e. The van der Waals surface area contributed by atoms with Crippen LogP contribution in [0.3, 0.4) is 0 Å². The zero-order valence-electron chi connectivity index (χ0n) is 39.6. The summed E-state index contributed by atoms with van der Waals surface area (Å²) in [6.45, 7) is 19.7. The highest BCUT2D eigenvalue weighted by Gasteiger charge is 2.29. The van der Waals surface area contributed by atoms with Crippen molar-refractivity contribution in [2.24, 2.45) is 0 Å². The first-order valence-corrected chi connectivity index (χ1v) is 30.6. The van der Waals surface area contributed by atoms with Crippen LogP contribution in [-0.2, 0) is 0 Å². The van der Waals surface area contributed by atoms with Gasteiger partial charge in [-0.15, -0.1) is 16.6 Å². The molecule has 4 rings (SSSR count). The molecule has 12 heteroatoms. The molecule has 0 N–H and O–H groups in total. The first kappa shape index (κ1) is 51.7. The summed E-state index contributed by atoms with van der Waals surface area (Å²) in [6, 6.07) is 26.7. The summed E-state index contributed by atoms with van der Waals surface area (Å²) in [5.74, 6) is 31.3. The summed E-state index contributed by atoms with van der Waals surface area (Å²) in [5, 5.41) is 34.8. The predicted molar refractivity (Wildman–Crippen MR) is 276 cm³/mol. The Morgan fingerprint density at radius 1 is 0.318 bits per heavy atom. The van der Waals surface area contributed by atoms with Gasteiger partial charge in [0.1, 0.15) is 24.2 Å². The van der Waals surface area contributed by atoms with Crippen molar-refractivity contribution < 1.29 is 14.8 Å². The molecule has 0 saturated heterocycles. The molecule has 0 aliphatic rings. The Morgan fingerprint density at radius 2 is 0.500 bits per heavy atom. The average molecular weight is 928 g/mol. The zero-order chi connectivity index (χ0) is 48.5. The van der Waals surface area contributed by atoms with Crippen molar-refractivity contribution in [2.45, 2.75) is 117 Å². The molecule has 4 aromatic carbocycles. The Balaban J connectivity index is 2.45. The molecule has 0 radical (unpaired) electrons. The van der Waals surface area contributed by atoms with E-state index in [0.717, 1.165) is 54.4 Å². The second-order valence-corrected chi connectivity index (χ2v) is 31.0. The predicted octanol–water partition coefficient (Wildman–Crippen LogP) is 12.8. The lowest BCUT2D eigenvalue weighted by Gasteiger charge is -2.22. The summed E-state index contributed by atoms with van der Waals surface area (Å²) in [7, 11) is -6.38. The highest BCUT2D eigenvalue weighted by atomic mass is 28.3. The molecule has 0 amide bonds. The second kappa shape index (κ2) is 23.9. The topological polar surface area (TPSA) is 129 Å². The number of nitrogens with zero attached hydrogens (tertiary/aromatic N) is 3. The highest BCUT2D eigenvalue weighted by molar-refractivity contribution is 6.88. The molecule has 9 nitrogen and oxygen atoms in total. The Morgan fingerprint density at radius 3 is 0.667 bits per heavy atom. The van der Waals surface area contributed by atoms with Crippen LogP contribution in [0.1, 0.15) is 112 Å². The second-order valence-electron chi connectivity index (χ2n) is 16.2. The molecule has 0 fully saturated rings. The fraction of sp³-hybridized carbons (Fsp3) is 0.333. The molecule has 66 heavy (non-hydrogen) atoms. The summed E-state index contributed by atoms with van der Waals surface area (Å²) in [4.78, 5) is 33.4. The molecule has 0 aliphatic carbocycles. The minimum absolute atomic E-state index is 0.0555. The molecular formula is C54H57N3O6Si3. The molecule has 0 unspecified atom stereocenters. The summed E-state index contributed by atoms with van der Waals surface area (Å²) in [6.07, 6.45) is 0. The van der Waals surface area contributed by atoms with Crippen LogP contribution < -0.4 is 0 Å². The smallest absolute Gasteiger partial charge is 0.258 e. The van der Waals surface area contributed by atoms with Crippen LogP contribution >= 0.6 is 0 Å². The monoisotopic (exact) mass is 927 g/mol. The van der Waals surface area contributed by atoms with Gasteiger partial charge in [-0.25, -0.2) is 0 Å². The Hall–Kier alpha value is -6.91. The van der Waals surface area contributed by atoms with Crippen LogP contribution in [0.5, 0.6) is 0 Å². The van der Waals surface area contributed by atoms with E-state index in [2.05, 4.69) is 132 Å². The van der Waals surface area contributed by atoms with Gasteiger partial charge in [0.15, 0.2) is 0 Å². The van der Waals surface area contributed by atoms with E-state index in [0.29, 0.717) is 50.1 Å². The fourth-order valence-electron chi connectivity index (χ4n) is 7.53. The number of hydrogen-bond acceptors (Lipinski definition) is 6. The van der Waals surface area contributed by atoms with Crippen molar-refractivity contribution in [1.82, 2.24) is 0 Å². The molecule has 0 bridgehead atoms. The maximum absolute atomic E-state index is 11.6. The van der Waals surface area contributed by atoms with Crippen molar-refractivity contribution >= 4 is 41.3 Å². The lowest BCUT2D eigenvalue weighted by atomic mass is 9.87. The van der Waals surface area contributed by atoms with Gasteiger partial charge in [0.05, 0.1) is 48.2 Å². The van der Waals surface area contributed by atoms with Crippen molar-refractivity contribution in [3.8, 4) is 69.9 Å². The van der Waals surface area contributed by atoms with Gasteiger partial charge in [-0.3, -0.25) is 30.3 Å². The van der Waals surface area contributed by atoms with E-state index in [1.54, 1.807) is 36.4 Å². The highest BCUT2D eigenvalue weighted by Crippen LogP contribution is 2.31. The first-order valence-electron chi connectivity index (χ1n) is 22.8. The largest absolute Gasteiger partial charge is 0.269 e. The van der Waals surface area contributed by atoms with Crippen molar-refractivity contribution in [2.75, 3.05) is 0 Å². The number of rotatable bonds is 12. The number of non-ortho nitro benzene ring substituents is 3. The minimum Gasteiger partial charge on any atom is -0.258 e. The third-order valence-electron chi connectivity index (χ3n) is 13.2. The third kappa shape index (κ3) is 12.7. The molecule has 0 heterocycles. The van der Waals surface area contributed by atoms with Gasteiger partial charge >= 0.3 is 0 Å². The van der Waals surface area contributed by atoms with Gasteiger partial charge < -0.3 is 0 Å². The SMILES string of the molecule is CC[Si](C#Cc1c(C#Cc2ccc([N+](=O)[O-])cc2)c(C#C[Si](CC)(CC)CC)c(C#Cc2ccc([N+](=O)[O-])cc2)c(C#C[Si](CC)(CC)CC)c1C#Cc1ccc([N+](=O)[O-])cc1)(CC)CC. The van der Waals surface area contributed by atoms with Crippen LogP contribution in [0.25, 0.3) is 0 Å². The molecule has 0 saturated carbocycles. The van der Waals surface area contributed by atoms with Crippen LogP contribution in [0.15, 0.2) is 72.8 Å². The van der Waals surface area contributed by atoms with Crippen LogP contribution in [0, 0.1) is 100 Å². The maximum atomic E-state index is 11.6. The van der Waals surface area contributed by atoms with E-state index in [1.807, 2.05) is 0 Å². The van der Waals surface area contributed by atoms with Gasteiger partial charge in [0, 0.05) is 53.1 Å². The van der Waals surface area contributed by atoms with Gasteiger partial charge in [-0.1, -0.05) is 116 Å². The summed E-state index contributed by atoms with van der Waals surface area (Å²) in [5.41, 5.74) is 16.1. The van der Waals surface area contributed by atoms with Crippen molar-refractivity contribution in [3.05, 3.63) is 153 Å². The number of nitro groups is 3. The Labute approximate surface area is 394 Å². The van der Waals surface area contributed by atoms with E-state index in [9.17, 15) is 30.3 Å². The molecule has 0 aromatic heterocycles. The molecule has 0 atom stereocenters. The minimum atomic E-state index is -2.13. The quantitative estimate of drug-likeness (QED) is 0.0602. The van der Waals surface area contributed by atoms with E-state index in [-0.39, 0.29) is 17.1 Å². The standard InChI is InChI=1S/C54H57N3O6Si3/c1-10-64(11-2,12-3)40-37-52-49(34-25-43-19-28-46(29-20-43)55(58)59)53(38-41-65(13-4,14-5)15-6)51(36-27-45-23-32-48(33-24-45)57(62)63)54(39-42-66(16-7,17-8)18-9)50(52)35-26-44-21-30-47(31-22-44)56(60)61/h19-24,28-33H,10-18H2,1-9H3. The number of nitro benzene ring substituents is 3. The lowest BCUT2D eigenvalue weighted by Crippen LogP contribution is -2.29. The average Bonchev–Trinajstić information content (AvgIpc) is 3.34. The Kier molecular flexibility index (Phi) is 18.7. The van der Waals surface area contributed by atoms with Gasteiger partial charge in [-0.05, 0) is 90.8 Å². The molecule has 4 aromatic rings. The van der Waals surface area contributed by atoms with E-state index < -0.39 is 39.0 Å². The van der Waals surface area contributed by atoms with Crippen LogP contribution in [0.4, 0.5) is 17.1 Å². The summed E-state index contributed by atoms with van der Waals surface area (Å²) >= 11 is 0. The van der Waals surface area contributed by atoms with Crippen LogP contribution in [-0.4, -0.2) is 39.0 Å². The first-order chi connectivity index (χ1) is 31.6. The van der Waals surface area contributed by atoms with Crippen LogP contribution in [0.2, 0.25) is 54.4 Å². The van der Waals surface area contributed by atoms with E-state index in [4.69, 9.17) is 0 Å². The van der Waals surface area contributed by atoms with Gasteiger partial charge in [-0.2, -0.15) is 0 Å².